The third-order valence-corrected chi connectivity index (χ3v) is 3.56. The zero-order valence-corrected chi connectivity index (χ0v) is 13.9. The molecule has 1 rings (SSSR count). The lowest BCUT2D eigenvalue weighted by atomic mass is 9.99. The molecule has 0 aromatic carbocycles. The van der Waals surface area contributed by atoms with Crippen LogP contribution < -0.4 is 10.6 Å². The number of likely N-dealkylation sites (tertiary alicyclic amines) is 1. The molecule has 1 saturated heterocycles. The standard InChI is InChI=1S/C13H27N3O.2ClH/c1-11-4-7-16(8-5-11)9-6-15-13(17)12(2)10-14-3;;/h11-12,14H,4-10H2,1-3H3,(H,15,17);2*1H. The van der Waals surface area contributed by atoms with E-state index < -0.39 is 0 Å². The lowest BCUT2D eigenvalue weighted by Gasteiger charge is -2.30. The Labute approximate surface area is 129 Å². The van der Waals surface area contributed by atoms with Gasteiger partial charge in [-0.3, -0.25) is 4.79 Å². The van der Waals surface area contributed by atoms with Crippen LogP contribution in [-0.4, -0.2) is 50.6 Å². The Morgan fingerprint density at radius 1 is 1.32 bits per heavy atom. The van der Waals surface area contributed by atoms with Gasteiger partial charge in [0.2, 0.25) is 5.91 Å². The van der Waals surface area contributed by atoms with Gasteiger partial charge in [0.25, 0.3) is 0 Å². The molecule has 2 N–H and O–H groups in total. The molecule has 1 amide bonds. The van der Waals surface area contributed by atoms with E-state index in [-0.39, 0.29) is 36.6 Å². The number of hydrogen-bond acceptors (Lipinski definition) is 3. The van der Waals surface area contributed by atoms with Gasteiger partial charge in [0.05, 0.1) is 0 Å². The normalized spacial score (nSPS) is 18.1. The summed E-state index contributed by atoms with van der Waals surface area (Å²) in [7, 11) is 1.87. The lowest BCUT2D eigenvalue weighted by Crippen LogP contribution is -2.41. The molecule has 1 atom stereocenters. The van der Waals surface area contributed by atoms with Crippen molar-refractivity contribution in [2.45, 2.75) is 26.7 Å². The van der Waals surface area contributed by atoms with Gasteiger partial charge in [0, 0.05) is 25.6 Å². The first kappa shape index (κ1) is 21.3. The minimum absolute atomic E-state index is 0. The number of piperidine rings is 1. The Bertz CT molecular complexity index is 234. The summed E-state index contributed by atoms with van der Waals surface area (Å²) in [5, 5.41) is 6.03. The second kappa shape index (κ2) is 11.8. The monoisotopic (exact) mass is 313 g/mol. The van der Waals surface area contributed by atoms with Gasteiger partial charge < -0.3 is 15.5 Å². The first-order valence-electron chi connectivity index (χ1n) is 6.78. The Hall–Kier alpha value is -0.0300. The fourth-order valence-corrected chi connectivity index (χ4v) is 2.20. The highest BCUT2D eigenvalue weighted by atomic mass is 35.5. The van der Waals surface area contributed by atoms with E-state index in [1.54, 1.807) is 0 Å². The van der Waals surface area contributed by atoms with Gasteiger partial charge in [-0.25, -0.2) is 0 Å². The Morgan fingerprint density at radius 2 is 1.89 bits per heavy atom. The highest BCUT2D eigenvalue weighted by Gasteiger charge is 2.16. The van der Waals surface area contributed by atoms with Crippen molar-refractivity contribution in [3.63, 3.8) is 0 Å². The van der Waals surface area contributed by atoms with Crippen molar-refractivity contribution < 1.29 is 4.79 Å². The van der Waals surface area contributed by atoms with Crippen molar-refractivity contribution in [1.29, 1.82) is 0 Å². The fourth-order valence-electron chi connectivity index (χ4n) is 2.20. The topological polar surface area (TPSA) is 44.4 Å². The number of carbonyl (C=O) groups excluding carboxylic acids is 1. The van der Waals surface area contributed by atoms with Gasteiger partial charge in [-0.15, -0.1) is 24.8 Å². The molecule has 1 aliphatic heterocycles. The van der Waals surface area contributed by atoms with E-state index in [1.165, 1.54) is 25.9 Å². The highest BCUT2D eigenvalue weighted by molar-refractivity contribution is 5.85. The maximum Gasteiger partial charge on any atom is 0.224 e. The van der Waals surface area contributed by atoms with Crippen LogP contribution in [0, 0.1) is 11.8 Å². The van der Waals surface area contributed by atoms with Crippen molar-refractivity contribution in [1.82, 2.24) is 15.5 Å². The maximum absolute atomic E-state index is 11.7. The molecule has 6 heteroatoms. The van der Waals surface area contributed by atoms with Gasteiger partial charge in [0.15, 0.2) is 0 Å². The predicted molar refractivity (Wildman–Crippen MR) is 85.4 cm³/mol. The van der Waals surface area contributed by atoms with Crippen molar-refractivity contribution >= 4 is 30.7 Å². The summed E-state index contributed by atoms with van der Waals surface area (Å²) in [6.45, 7) is 9.15. The van der Waals surface area contributed by atoms with Gasteiger partial charge in [0.1, 0.15) is 0 Å². The maximum atomic E-state index is 11.7. The molecule has 4 nitrogen and oxygen atoms in total. The van der Waals surface area contributed by atoms with E-state index in [0.717, 1.165) is 25.6 Å². The third kappa shape index (κ3) is 8.69. The number of rotatable bonds is 6. The van der Waals surface area contributed by atoms with E-state index in [2.05, 4.69) is 22.5 Å². The zero-order chi connectivity index (χ0) is 12.7. The first-order valence-corrected chi connectivity index (χ1v) is 6.78. The summed E-state index contributed by atoms with van der Waals surface area (Å²) in [6.07, 6.45) is 2.59. The summed E-state index contributed by atoms with van der Waals surface area (Å²) in [5.74, 6) is 1.09. The number of nitrogens with one attached hydrogen (secondary N) is 2. The van der Waals surface area contributed by atoms with Gasteiger partial charge in [-0.05, 0) is 38.9 Å². The van der Waals surface area contributed by atoms with E-state index in [4.69, 9.17) is 0 Å². The molecule has 0 spiro atoms. The summed E-state index contributed by atoms with van der Waals surface area (Å²) in [5.41, 5.74) is 0. The van der Waals surface area contributed by atoms with E-state index in [9.17, 15) is 4.79 Å². The van der Waals surface area contributed by atoms with E-state index in [1.807, 2.05) is 14.0 Å². The lowest BCUT2D eigenvalue weighted by molar-refractivity contribution is -0.124. The van der Waals surface area contributed by atoms with Crippen LogP contribution >= 0.6 is 24.8 Å². The molecule has 1 aliphatic rings. The minimum atomic E-state index is 0. The Balaban J connectivity index is 0. The largest absolute Gasteiger partial charge is 0.355 e. The van der Waals surface area contributed by atoms with E-state index in [0.29, 0.717) is 0 Å². The van der Waals surface area contributed by atoms with Gasteiger partial charge in [-0.1, -0.05) is 13.8 Å². The molecule has 0 aromatic rings. The van der Waals surface area contributed by atoms with Gasteiger partial charge >= 0.3 is 0 Å². The third-order valence-electron chi connectivity index (χ3n) is 3.56. The van der Waals surface area contributed by atoms with Crippen LogP contribution in [0.3, 0.4) is 0 Å². The molecule has 0 radical (unpaired) electrons. The van der Waals surface area contributed by atoms with Crippen molar-refractivity contribution in [3.8, 4) is 0 Å². The number of nitrogens with zero attached hydrogens (tertiary/aromatic N) is 1. The molecule has 1 unspecified atom stereocenters. The highest BCUT2D eigenvalue weighted by Crippen LogP contribution is 2.15. The molecule has 0 saturated carbocycles. The molecular weight excluding hydrogens is 285 g/mol. The number of hydrogen-bond donors (Lipinski definition) is 2. The van der Waals surface area contributed by atoms with Crippen LogP contribution in [0.2, 0.25) is 0 Å². The number of amides is 1. The molecule has 0 aliphatic carbocycles. The summed E-state index contributed by atoms with van der Waals surface area (Å²) >= 11 is 0. The predicted octanol–water partition coefficient (Wildman–Crippen LogP) is 1.53. The van der Waals surface area contributed by atoms with Gasteiger partial charge in [-0.2, -0.15) is 0 Å². The number of carbonyl (C=O) groups is 1. The van der Waals surface area contributed by atoms with Crippen LogP contribution in [0.1, 0.15) is 26.7 Å². The Morgan fingerprint density at radius 3 is 2.42 bits per heavy atom. The van der Waals surface area contributed by atoms with Crippen molar-refractivity contribution in [3.05, 3.63) is 0 Å². The van der Waals surface area contributed by atoms with Crippen LogP contribution in [0.5, 0.6) is 0 Å². The minimum Gasteiger partial charge on any atom is -0.355 e. The average molecular weight is 314 g/mol. The summed E-state index contributed by atoms with van der Waals surface area (Å²) in [6, 6.07) is 0. The fraction of sp³-hybridized carbons (Fsp3) is 0.923. The number of halogens is 2. The molecule has 0 bridgehead atoms. The van der Waals surface area contributed by atoms with Crippen LogP contribution in [-0.2, 0) is 4.79 Å². The molecule has 1 fully saturated rings. The zero-order valence-electron chi connectivity index (χ0n) is 12.3. The van der Waals surface area contributed by atoms with Crippen molar-refractivity contribution in [2.75, 3.05) is 39.8 Å². The second-order valence-corrected chi connectivity index (χ2v) is 5.27. The molecule has 0 aromatic heterocycles. The van der Waals surface area contributed by atoms with Crippen LogP contribution in [0.25, 0.3) is 0 Å². The van der Waals surface area contributed by atoms with E-state index >= 15 is 0 Å². The first-order chi connectivity index (χ1) is 8.13. The molecule has 19 heavy (non-hydrogen) atoms. The SMILES string of the molecule is CNCC(C)C(=O)NCCN1CCC(C)CC1.Cl.Cl. The van der Waals surface area contributed by atoms with Crippen LogP contribution in [0.4, 0.5) is 0 Å². The molecule has 116 valence electrons. The molecule has 1 heterocycles. The van der Waals surface area contributed by atoms with Crippen LogP contribution in [0.15, 0.2) is 0 Å². The molecular formula is C13H29Cl2N3O. The van der Waals surface area contributed by atoms with Crippen molar-refractivity contribution in [2.24, 2.45) is 11.8 Å². The quantitative estimate of drug-likeness (QED) is 0.781. The summed E-state index contributed by atoms with van der Waals surface area (Å²) < 4.78 is 0. The Kier molecular flexibility index (Phi) is 13.2. The summed E-state index contributed by atoms with van der Waals surface area (Å²) in [4.78, 5) is 14.1. The smallest absolute Gasteiger partial charge is 0.224 e. The average Bonchev–Trinajstić information content (AvgIpc) is 2.32. The second-order valence-electron chi connectivity index (χ2n) is 5.27.